The van der Waals surface area contributed by atoms with Crippen LogP contribution in [-0.4, -0.2) is 12.7 Å². The van der Waals surface area contributed by atoms with Gasteiger partial charge in [0.25, 0.3) is 0 Å². The maximum absolute atomic E-state index is 5.59. The lowest BCUT2D eigenvalue weighted by Crippen LogP contribution is -2.27. The molecule has 1 aromatic heterocycles. The topological polar surface area (TPSA) is 60.4 Å². The minimum atomic E-state index is 0.195. The van der Waals surface area contributed by atoms with Gasteiger partial charge in [-0.2, -0.15) is 0 Å². The first-order chi connectivity index (χ1) is 7.90. The van der Waals surface area contributed by atoms with Gasteiger partial charge < -0.3 is 9.15 Å². The van der Waals surface area contributed by atoms with Crippen molar-refractivity contribution in [1.82, 2.24) is 5.43 Å². The molecule has 0 aliphatic carbocycles. The van der Waals surface area contributed by atoms with Crippen molar-refractivity contribution < 1.29 is 9.15 Å². The molecule has 90 valence electrons. The summed E-state index contributed by atoms with van der Waals surface area (Å²) in [5.74, 6) is 5.54. The number of furan rings is 1. The van der Waals surface area contributed by atoms with Gasteiger partial charge >= 0.3 is 0 Å². The molecule has 0 saturated carbocycles. The van der Waals surface area contributed by atoms with Gasteiger partial charge in [-0.05, 0) is 38.2 Å². The Kier molecular flexibility index (Phi) is 4.39. The number of ether oxygens (including phenoxy) is 1. The van der Waals surface area contributed by atoms with Crippen molar-refractivity contribution in [3.63, 3.8) is 0 Å². The fourth-order valence-electron chi connectivity index (χ4n) is 2.24. The highest BCUT2D eigenvalue weighted by molar-refractivity contribution is 5.10. The summed E-state index contributed by atoms with van der Waals surface area (Å²) in [6.45, 7) is 0.935. The molecule has 0 spiro atoms. The normalized spacial score (nSPS) is 22.4. The summed E-state index contributed by atoms with van der Waals surface area (Å²) >= 11 is 0. The summed E-state index contributed by atoms with van der Waals surface area (Å²) in [6.07, 6.45) is 9.62. The lowest BCUT2D eigenvalue weighted by Gasteiger charge is -2.15. The molecule has 1 aliphatic heterocycles. The summed E-state index contributed by atoms with van der Waals surface area (Å²) in [5, 5.41) is 0. The third kappa shape index (κ3) is 3.07. The second kappa shape index (κ2) is 6.03. The van der Waals surface area contributed by atoms with Crippen LogP contribution in [0.5, 0.6) is 0 Å². The van der Waals surface area contributed by atoms with E-state index in [4.69, 9.17) is 15.0 Å². The van der Waals surface area contributed by atoms with E-state index in [9.17, 15) is 0 Å². The zero-order valence-electron chi connectivity index (χ0n) is 9.52. The Morgan fingerprint density at radius 1 is 1.56 bits per heavy atom. The molecule has 2 heterocycles. The third-order valence-electron chi connectivity index (χ3n) is 3.19. The van der Waals surface area contributed by atoms with E-state index < -0.39 is 0 Å². The minimum Gasteiger partial charge on any atom is -0.472 e. The van der Waals surface area contributed by atoms with Crippen LogP contribution in [0.15, 0.2) is 23.0 Å². The zero-order valence-corrected chi connectivity index (χ0v) is 9.52. The summed E-state index contributed by atoms with van der Waals surface area (Å²) in [4.78, 5) is 0. The van der Waals surface area contributed by atoms with Gasteiger partial charge in [-0.1, -0.05) is 0 Å². The van der Waals surface area contributed by atoms with Gasteiger partial charge in [-0.25, -0.2) is 0 Å². The van der Waals surface area contributed by atoms with E-state index in [0.717, 1.165) is 31.4 Å². The van der Waals surface area contributed by atoms with Gasteiger partial charge in [-0.3, -0.25) is 11.3 Å². The number of hydrazine groups is 1. The molecule has 2 rings (SSSR count). The van der Waals surface area contributed by atoms with Crippen LogP contribution >= 0.6 is 0 Å². The van der Waals surface area contributed by atoms with Crippen molar-refractivity contribution in [2.75, 3.05) is 6.61 Å². The molecule has 2 unspecified atom stereocenters. The largest absolute Gasteiger partial charge is 0.472 e. The van der Waals surface area contributed by atoms with Crippen molar-refractivity contribution in [2.45, 2.75) is 44.2 Å². The van der Waals surface area contributed by atoms with Gasteiger partial charge in [0, 0.05) is 18.2 Å². The van der Waals surface area contributed by atoms with Crippen molar-refractivity contribution in [1.29, 1.82) is 0 Å². The predicted molar refractivity (Wildman–Crippen MR) is 61.6 cm³/mol. The Morgan fingerprint density at radius 3 is 3.12 bits per heavy atom. The Balaban J connectivity index is 1.71. The molecule has 0 amide bonds. The first-order valence-electron chi connectivity index (χ1n) is 6.00. The molecule has 0 aromatic carbocycles. The van der Waals surface area contributed by atoms with E-state index in [1.165, 1.54) is 12.8 Å². The number of hydrogen-bond donors (Lipinski definition) is 2. The van der Waals surface area contributed by atoms with Crippen LogP contribution in [0.2, 0.25) is 0 Å². The average Bonchev–Trinajstić information content (AvgIpc) is 2.96. The van der Waals surface area contributed by atoms with Crippen LogP contribution in [0.4, 0.5) is 0 Å². The lowest BCUT2D eigenvalue weighted by molar-refractivity contribution is 0.101. The summed E-state index contributed by atoms with van der Waals surface area (Å²) < 4.78 is 10.6. The molecule has 2 atom stereocenters. The van der Waals surface area contributed by atoms with Gasteiger partial charge in [0.05, 0.1) is 18.6 Å². The SMILES string of the molecule is NNC(CCCC1CCCO1)c1ccoc1. The molecule has 4 heteroatoms. The maximum Gasteiger partial charge on any atom is 0.0950 e. The minimum absolute atomic E-state index is 0.195. The van der Waals surface area contributed by atoms with Crippen molar-refractivity contribution in [2.24, 2.45) is 5.84 Å². The van der Waals surface area contributed by atoms with Gasteiger partial charge in [0.2, 0.25) is 0 Å². The quantitative estimate of drug-likeness (QED) is 0.574. The van der Waals surface area contributed by atoms with E-state index in [1.807, 2.05) is 6.07 Å². The zero-order chi connectivity index (χ0) is 11.2. The van der Waals surface area contributed by atoms with Gasteiger partial charge in [-0.15, -0.1) is 0 Å². The fourth-order valence-corrected chi connectivity index (χ4v) is 2.24. The molecule has 1 aromatic rings. The van der Waals surface area contributed by atoms with Crippen molar-refractivity contribution in [3.05, 3.63) is 24.2 Å². The van der Waals surface area contributed by atoms with Crippen molar-refractivity contribution >= 4 is 0 Å². The van der Waals surface area contributed by atoms with E-state index in [1.54, 1.807) is 12.5 Å². The van der Waals surface area contributed by atoms with Crippen LogP contribution in [0.1, 0.15) is 43.7 Å². The average molecular weight is 224 g/mol. The lowest BCUT2D eigenvalue weighted by atomic mass is 10.0. The summed E-state index contributed by atoms with van der Waals surface area (Å²) in [5.41, 5.74) is 3.95. The standard InChI is InChI=1S/C12H20N2O2/c13-14-12(10-6-8-15-9-10)5-1-3-11-4-2-7-16-11/h6,8-9,11-12,14H,1-5,7,13H2. The van der Waals surface area contributed by atoms with Crippen LogP contribution in [0.25, 0.3) is 0 Å². The first-order valence-corrected chi connectivity index (χ1v) is 6.00. The number of hydrogen-bond acceptors (Lipinski definition) is 4. The highest BCUT2D eigenvalue weighted by Crippen LogP contribution is 2.22. The summed E-state index contributed by atoms with van der Waals surface area (Å²) in [7, 11) is 0. The molecular formula is C12H20N2O2. The predicted octanol–water partition coefficient (Wildman–Crippen LogP) is 2.13. The Labute approximate surface area is 96.1 Å². The monoisotopic (exact) mass is 224 g/mol. The van der Waals surface area contributed by atoms with Gasteiger partial charge in [0.15, 0.2) is 0 Å². The van der Waals surface area contributed by atoms with Gasteiger partial charge in [0.1, 0.15) is 0 Å². The molecule has 3 N–H and O–H groups in total. The van der Waals surface area contributed by atoms with Crippen LogP contribution < -0.4 is 11.3 Å². The highest BCUT2D eigenvalue weighted by atomic mass is 16.5. The molecular weight excluding hydrogens is 204 g/mol. The van der Waals surface area contributed by atoms with E-state index in [0.29, 0.717) is 6.10 Å². The maximum atomic E-state index is 5.59. The van der Waals surface area contributed by atoms with Crippen LogP contribution in [-0.2, 0) is 4.74 Å². The van der Waals surface area contributed by atoms with Crippen LogP contribution in [0.3, 0.4) is 0 Å². The molecule has 4 nitrogen and oxygen atoms in total. The Bertz CT molecular complexity index is 281. The second-order valence-electron chi connectivity index (χ2n) is 4.34. The number of rotatable bonds is 6. The molecule has 0 bridgehead atoms. The van der Waals surface area contributed by atoms with E-state index >= 15 is 0 Å². The first kappa shape index (κ1) is 11.6. The Hall–Kier alpha value is -0.840. The van der Waals surface area contributed by atoms with Crippen molar-refractivity contribution in [3.8, 4) is 0 Å². The fraction of sp³-hybridized carbons (Fsp3) is 0.667. The second-order valence-corrected chi connectivity index (χ2v) is 4.34. The number of nitrogens with one attached hydrogen (secondary N) is 1. The third-order valence-corrected chi connectivity index (χ3v) is 3.19. The highest BCUT2D eigenvalue weighted by Gasteiger charge is 2.16. The molecule has 0 radical (unpaired) electrons. The van der Waals surface area contributed by atoms with Crippen LogP contribution in [0, 0.1) is 0 Å². The molecule has 16 heavy (non-hydrogen) atoms. The Morgan fingerprint density at radius 2 is 2.50 bits per heavy atom. The smallest absolute Gasteiger partial charge is 0.0950 e. The molecule has 1 aliphatic rings. The van der Waals surface area contributed by atoms with E-state index in [-0.39, 0.29) is 6.04 Å². The summed E-state index contributed by atoms with van der Waals surface area (Å²) in [6, 6.07) is 2.15. The molecule has 1 saturated heterocycles. The van der Waals surface area contributed by atoms with E-state index in [2.05, 4.69) is 5.43 Å². The number of nitrogens with two attached hydrogens (primary N) is 1. The molecule has 1 fully saturated rings.